The lowest BCUT2D eigenvalue weighted by Crippen LogP contribution is -2.42. The summed E-state index contributed by atoms with van der Waals surface area (Å²) in [5, 5.41) is 5.35. The smallest absolute Gasteiger partial charge is 0.490 e. The van der Waals surface area contributed by atoms with Crippen LogP contribution in [0.1, 0.15) is 23.3 Å². The average molecular weight is 454 g/mol. The second-order valence-electron chi connectivity index (χ2n) is 7.26. The predicted octanol–water partition coefficient (Wildman–Crippen LogP) is 4.81. The molecule has 2 aromatic carbocycles. The van der Waals surface area contributed by atoms with Crippen molar-refractivity contribution in [2.75, 3.05) is 13.1 Å². The number of piperidine rings is 1. The largest absolute Gasteiger partial charge is 0.573 e. The summed E-state index contributed by atoms with van der Waals surface area (Å²) in [5.74, 6) is 0.101. The first-order chi connectivity index (χ1) is 14.7. The number of fused-ring (bicyclic) bond motifs is 1. The van der Waals surface area contributed by atoms with Gasteiger partial charge < -0.3 is 14.4 Å². The fourth-order valence-electron chi connectivity index (χ4n) is 3.62. The van der Waals surface area contributed by atoms with E-state index in [0.717, 1.165) is 5.75 Å². The number of benzene rings is 2. The van der Waals surface area contributed by atoms with E-state index in [2.05, 4.69) is 9.84 Å². The Morgan fingerprint density at radius 1 is 1.10 bits per heavy atom. The molecule has 164 valence electrons. The predicted molar refractivity (Wildman–Crippen MR) is 108 cm³/mol. The molecular weight excluding hydrogens is 435 g/mol. The van der Waals surface area contributed by atoms with Gasteiger partial charge in [0.2, 0.25) is 0 Å². The first kappa shape index (κ1) is 21.3. The zero-order valence-electron chi connectivity index (χ0n) is 16.5. The molecule has 4 rings (SSSR count). The van der Waals surface area contributed by atoms with E-state index in [1.165, 1.54) is 22.9 Å². The molecule has 1 fully saturated rings. The topological polar surface area (TPSA) is 56.6 Å². The molecule has 0 bridgehead atoms. The third kappa shape index (κ3) is 4.87. The van der Waals surface area contributed by atoms with Crippen molar-refractivity contribution in [2.45, 2.75) is 25.3 Å². The van der Waals surface area contributed by atoms with Crippen molar-refractivity contribution in [2.24, 2.45) is 7.05 Å². The van der Waals surface area contributed by atoms with Crippen LogP contribution in [0.3, 0.4) is 0 Å². The Kier molecular flexibility index (Phi) is 5.70. The number of alkyl halides is 3. The van der Waals surface area contributed by atoms with Gasteiger partial charge in [-0.25, -0.2) is 0 Å². The van der Waals surface area contributed by atoms with Crippen LogP contribution in [0.25, 0.3) is 10.9 Å². The van der Waals surface area contributed by atoms with Crippen LogP contribution in [0.4, 0.5) is 13.2 Å². The summed E-state index contributed by atoms with van der Waals surface area (Å²) in [6.45, 7) is 0.981. The van der Waals surface area contributed by atoms with Gasteiger partial charge in [0, 0.05) is 49.5 Å². The van der Waals surface area contributed by atoms with Crippen LogP contribution in [-0.4, -0.2) is 46.1 Å². The third-order valence-corrected chi connectivity index (χ3v) is 5.36. The first-order valence-corrected chi connectivity index (χ1v) is 10.0. The third-order valence-electron chi connectivity index (χ3n) is 5.10. The number of likely N-dealkylation sites (tertiary alicyclic amines) is 1. The van der Waals surface area contributed by atoms with Crippen molar-refractivity contribution in [3.05, 3.63) is 53.2 Å². The molecule has 6 nitrogen and oxygen atoms in total. The number of aromatic nitrogens is 2. The van der Waals surface area contributed by atoms with Gasteiger partial charge >= 0.3 is 6.36 Å². The zero-order chi connectivity index (χ0) is 22.2. The maximum Gasteiger partial charge on any atom is 0.573 e. The van der Waals surface area contributed by atoms with Gasteiger partial charge in [-0.3, -0.25) is 9.48 Å². The quantitative estimate of drug-likeness (QED) is 0.569. The molecule has 0 radical (unpaired) electrons. The van der Waals surface area contributed by atoms with Crippen LogP contribution in [0, 0.1) is 0 Å². The molecule has 1 aliphatic heterocycles. The second-order valence-corrected chi connectivity index (χ2v) is 7.70. The fraction of sp³-hybridized carbons (Fsp3) is 0.333. The summed E-state index contributed by atoms with van der Waals surface area (Å²) in [7, 11) is 1.57. The zero-order valence-corrected chi connectivity index (χ0v) is 17.3. The molecule has 31 heavy (non-hydrogen) atoms. The number of carbonyl (C=O) groups is 1. The number of halogens is 4. The van der Waals surface area contributed by atoms with Crippen LogP contribution < -0.4 is 9.47 Å². The molecule has 0 saturated carbocycles. The van der Waals surface area contributed by atoms with Crippen molar-refractivity contribution in [3.8, 4) is 11.5 Å². The molecule has 0 N–H and O–H groups in total. The Balaban J connectivity index is 1.44. The highest BCUT2D eigenvalue weighted by molar-refractivity contribution is 6.30. The van der Waals surface area contributed by atoms with Crippen molar-refractivity contribution in [3.63, 3.8) is 0 Å². The Morgan fingerprint density at radius 3 is 2.39 bits per heavy atom. The summed E-state index contributed by atoms with van der Waals surface area (Å²) in [4.78, 5) is 14.7. The van der Waals surface area contributed by atoms with Crippen molar-refractivity contribution in [1.82, 2.24) is 14.7 Å². The highest BCUT2D eigenvalue weighted by Gasteiger charge is 2.32. The van der Waals surface area contributed by atoms with Crippen molar-refractivity contribution < 1.29 is 27.4 Å². The standard InChI is InChI=1S/C21H19ClF3N3O3/c1-27-18-12-16(31-21(23,24)25)6-7-17(18)19(26-27)20(29)28-10-8-15(9-11-28)30-14-4-2-13(22)3-5-14/h2-7,12,15H,8-11H2,1H3. The molecule has 1 aliphatic rings. The Labute approximate surface area is 181 Å². The maximum absolute atomic E-state index is 13.0. The Bertz CT molecular complexity index is 1090. The summed E-state index contributed by atoms with van der Waals surface area (Å²) in [6.07, 6.45) is -3.50. The highest BCUT2D eigenvalue weighted by atomic mass is 35.5. The Hall–Kier alpha value is -2.94. The second kappa shape index (κ2) is 8.30. The van der Waals surface area contributed by atoms with Gasteiger partial charge in [0.15, 0.2) is 5.69 Å². The van der Waals surface area contributed by atoms with E-state index >= 15 is 0 Å². The Morgan fingerprint density at radius 2 is 1.74 bits per heavy atom. The van der Waals surface area contributed by atoms with Crippen molar-refractivity contribution in [1.29, 1.82) is 0 Å². The van der Waals surface area contributed by atoms with E-state index < -0.39 is 6.36 Å². The molecule has 10 heteroatoms. The van der Waals surface area contributed by atoms with E-state index in [-0.39, 0.29) is 23.5 Å². The molecule has 3 aromatic rings. The minimum Gasteiger partial charge on any atom is -0.490 e. The normalized spacial score (nSPS) is 15.3. The molecule has 1 aromatic heterocycles. The number of aryl methyl sites for hydroxylation is 1. The molecule has 2 heterocycles. The first-order valence-electron chi connectivity index (χ1n) is 9.63. The van der Waals surface area contributed by atoms with Crippen LogP contribution in [0.15, 0.2) is 42.5 Å². The summed E-state index contributed by atoms with van der Waals surface area (Å²) in [5.41, 5.74) is 0.583. The van der Waals surface area contributed by atoms with E-state index in [4.69, 9.17) is 16.3 Å². The lowest BCUT2D eigenvalue weighted by molar-refractivity contribution is -0.274. The molecule has 1 amide bonds. The maximum atomic E-state index is 13.0. The number of amides is 1. The molecule has 0 atom stereocenters. The van der Waals surface area contributed by atoms with Gasteiger partial charge in [0.25, 0.3) is 5.91 Å². The van der Waals surface area contributed by atoms with Gasteiger partial charge in [0.05, 0.1) is 5.52 Å². The number of rotatable bonds is 4. The summed E-state index contributed by atoms with van der Waals surface area (Å²) in [6, 6.07) is 10.9. The van der Waals surface area contributed by atoms with E-state index in [0.29, 0.717) is 41.9 Å². The molecule has 1 saturated heterocycles. The summed E-state index contributed by atoms with van der Waals surface area (Å²) >= 11 is 5.88. The van der Waals surface area contributed by atoms with Gasteiger partial charge in [0.1, 0.15) is 17.6 Å². The minimum atomic E-state index is -4.79. The molecule has 0 aliphatic carbocycles. The van der Waals surface area contributed by atoms with Gasteiger partial charge in [-0.2, -0.15) is 5.10 Å². The summed E-state index contributed by atoms with van der Waals surface area (Å²) < 4.78 is 48.7. The van der Waals surface area contributed by atoms with Gasteiger partial charge in [-0.05, 0) is 36.4 Å². The van der Waals surface area contributed by atoms with Crippen molar-refractivity contribution >= 4 is 28.4 Å². The molecule has 0 spiro atoms. The van der Waals surface area contributed by atoms with E-state index in [9.17, 15) is 18.0 Å². The van der Waals surface area contributed by atoms with Crippen LogP contribution in [-0.2, 0) is 7.05 Å². The molecule has 0 unspecified atom stereocenters. The minimum absolute atomic E-state index is 0.0206. The van der Waals surface area contributed by atoms with E-state index in [1.54, 1.807) is 36.2 Å². The number of hydrogen-bond acceptors (Lipinski definition) is 4. The average Bonchev–Trinajstić information content (AvgIpc) is 3.05. The number of nitrogens with zero attached hydrogens (tertiary/aromatic N) is 3. The lowest BCUT2D eigenvalue weighted by Gasteiger charge is -2.31. The van der Waals surface area contributed by atoms with Crippen LogP contribution >= 0.6 is 11.6 Å². The van der Waals surface area contributed by atoms with Crippen LogP contribution in [0.2, 0.25) is 5.02 Å². The van der Waals surface area contributed by atoms with Gasteiger partial charge in [-0.15, -0.1) is 13.2 Å². The van der Waals surface area contributed by atoms with Gasteiger partial charge in [-0.1, -0.05) is 11.6 Å². The lowest BCUT2D eigenvalue weighted by atomic mass is 10.1. The fourth-order valence-corrected chi connectivity index (χ4v) is 3.75. The molecular formula is C21H19ClF3N3O3. The highest BCUT2D eigenvalue weighted by Crippen LogP contribution is 2.29. The monoisotopic (exact) mass is 453 g/mol. The SMILES string of the molecule is Cn1nc(C(=O)N2CCC(Oc3ccc(Cl)cc3)CC2)c2ccc(OC(F)(F)F)cc21. The van der Waals surface area contributed by atoms with Crippen LogP contribution in [0.5, 0.6) is 11.5 Å². The van der Waals surface area contributed by atoms with E-state index in [1.807, 2.05) is 0 Å². The number of carbonyl (C=O) groups excluding carboxylic acids is 1. The number of ether oxygens (including phenoxy) is 2. The number of hydrogen-bond donors (Lipinski definition) is 0.